The van der Waals surface area contributed by atoms with Crippen LogP contribution in [0.4, 0.5) is 45.5 Å². The zero-order valence-corrected chi connectivity index (χ0v) is 70.7. The van der Waals surface area contributed by atoms with Crippen molar-refractivity contribution in [3.63, 3.8) is 0 Å². The van der Waals surface area contributed by atoms with Gasteiger partial charge in [0, 0.05) is 195 Å². The summed E-state index contributed by atoms with van der Waals surface area (Å²) < 4.78 is 0. The molecule has 0 N–H and O–H groups in total. The number of piperidine rings is 8. The predicted octanol–water partition coefficient (Wildman–Crippen LogP) is 17.3. The Bertz CT molecular complexity index is 3040. The summed E-state index contributed by atoms with van der Waals surface area (Å²) in [6.45, 7) is 19.2. The summed E-state index contributed by atoms with van der Waals surface area (Å²) in [6.07, 6.45) is 32.1. The summed E-state index contributed by atoms with van der Waals surface area (Å²) in [5.41, 5.74) is 11.3. The maximum Gasteiger partial charge on any atom is 0.174 e. The number of benzene rings is 8. The Morgan fingerprint density at radius 1 is 0.144 bits per heavy atom. The fraction of sp³-hybridized carbons (Fsp3) is 0.467. The van der Waals surface area contributed by atoms with Crippen LogP contribution in [-0.4, -0.2) is 117 Å². The first kappa shape index (κ1) is 77.5. The van der Waals surface area contributed by atoms with Gasteiger partial charge in [-0.1, -0.05) is 0 Å². The van der Waals surface area contributed by atoms with Crippen LogP contribution in [0, 0.1) is 0 Å². The average Bonchev–Trinajstić information content (AvgIpc) is 0.798. The molecule has 8 saturated heterocycles. The molecule has 0 saturated carbocycles. The maximum absolute atomic E-state index is 2.61. The monoisotopic (exact) mass is 1830 g/mol. The van der Waals surface area contributed by atoms with Crippen LogP contribution in [0.3, 0.4) is 0 Å². The van der Waals surface area contributed by atoms with E-state index in [1.165, 1.54) is 316 Å². The van der Waals surface area contributed by atoms with Crippen molar-refractivity contribution in [1.82, 2.24) is 0 Å². The van der Waals surface area contributed by atoms with E-state index in [0.29, 0.717) is 0 Å². The molecular formula is C90H120Au2N8P4+4. The molecule has 8 heterocycles. The molecule has 8 aromatic carbocycles. The molecule has 8 aliphatic rings. The van der Waals surface area contributed by atoms with Gasteiger partial charge in [-0.15, -0.1) is 0 Å². The zero-order chi connectivity index (χ0) is 68.5. The Kier molecular flexibility index (Phi) is 29.5. The van der Waals surface area contributed by atoms with Gasteiger partial charge in [-0.2, -0.15) is 0 Å². The van der Waals surface area contributed by atoms with Crippen molar-refractivity contribution in [3.05, 3.63) is 194 Å². The van der Waals surface area contributed by atoms with Gasteiger partial charge in [0.25, 0.3) is 0 Å². The minimum Gasteiger partial charge on any atom is -0.372 e. The summed E-state index contributed by atoms with van der Waals surface area (Å²) in [5, 5.41) is 12.5. The summed E-state index contributed by atoms with van der Waals surface area (Å²) in [6, 6.07) is 79.3. The molecule has 2 radical (unpaired) electrons. The van der Waals surface area contributed by atoms with Crippen LogP contribution in [0.2, 0.25) is 0 Å². The van der Waals surface area contributed by atoms with E-state index < -0.39 is 31.7 Å². The summed E-state index contributed by atoms with van der Waals surface area (Å²) in [5.74, 6) is 2.49. The maximum atomic E-state index is 2.61. The first-order chi connectivity index (χ1) is 50.6. The summed E-state index contributed by atoms with van der Waals surface area (Å²) in [4.78, 5) is 20.9. The molecule has 16 rings (SSSR count). The summed E-state index contributed by atoms with van der Waals surface area (Å²) in [7, 11) is -4.23. The van der Waals surface area contributed by atoms with Gasteiger partial charge < -0.3 is 39.2 Å². The average molecular weight is 1830 g/mol. The van der Waals surface area contributed by atoms with E-state index in [0.717, 1.165) is 0 Å². The number of nitrogens with zero attached hydrogens (tertiary/aromatic N) is 8. The third-order valence-electron chi connectivity index (χ3n) is 24.2. The van der Waals surface area contributed by atoms with E-state index in [1.807, 2.05) is 0 Å². The predicted molar refractivity (Wildman–Crippen MR) is 460 cm³/mol. The van der Waals surface area contributed by atoms with Gasteiger partial charge in [0.1, 0.15) is 74.1 Å². The topological polar surface area (TPSA) is 25.9 Å². The SMILES string of the molecule is [Au].[Au].c1cc([PH+](C[PH+](c2ccc(N3CCCCC3)cc2)c2ccc(N3CCCCC3)cc2)c2ccc(N3CCCCC3)cc2)ccc1N1CCCCC1.c1cc([PH+](C[PH+](c2ccc(N3CCCCC3)cc2)c2ccc(N3CCCCC3)cc2)c2ccc(N3CCCCC3)cc2)ccc1N1CCCCC1. The molecule has 0 aromatic heterocycles. The Morgan fingerprint density at radius 2 is 0.240 bits per heavy atom. The van der Waals surface area contributed by atoms with Gasteiger partial charge in [-0.25, -0.2) is 0 Å². The van der Waals surface area contributed by atoms with Gasteiger partial charge in [-0.3, -0.25) is 0 Å². The second kappa shape index (κ2) is 39.6. The minimum atomic E-state index is -1.06. The molecule has 0 aliphatic carbocycles. The van der Waals surface area contributed by atoms with Crippen LogP contribution in [0.5, 0.6) is 0 Å². The number of hydrogen-bond acceptors (Lipinski definition) is 8. The van der Waals surface area contributed by atoms with Gasteiger partial charge in [-0.05, 0) is 348 Å². The van der Waals surface area contributed by atoms with Crippen molar-refractivity contribution in [1.29, 1.82) is 0 Å². The van der Waals surface area contributed by atoms with E-state index >= 15 is 0 Å². The van der Waals surface area contributed by atoms with Crippen LogP contribution in [0.15, 0.2) is 194 Å². The molecule has 0 unspecified atom stereocenters. The largest absolute Gasteiger partial charge is 0.372 e. The fourth-order valence-corrected chi connectivity index (χ4v) is 33.3. The smallest absolute Gasteiger partial charge is 0.174 e. The second-order valence-corrected chi connectivity index (χ2v) is 42.3. The standard InChI is InChI=1S/2C45H58N4P2.2Au/c2*1-5-29-46(30-6-1)38-13-21-42(22-14-38)50(43-23-15-39(16-24-43)47-31-7-2-8-32-47)37-51(44-25-17-40(18-26-44)48-33-9-3-10-34-48)45-27-19-41(20-28-45)49-35-11-4-12-36-49;;/h2*13-28H,1-12,29-37H2;;/p+4. The van der Waals surface area contributed by atoms with E-state index in [2.05, 4.69) is 233 Å². The van der Waals surface area contributed by atoms with Crippen LogP contribution in [0.25, 0.3) is 0 Å². The zero-order valence-electron chi connectivity index (χ0n) is 62.4. The van der Waals surface area contributed by atoms with E-state index in [4.69, 9.17) is 0 Å². The molecule has 0 atom stereocenters. The van der Waals surface area contributed by atoms with Crippen LogP contribution in [-0.2, 0) is 44.8 Å². The van der Waals surface area contributed by atoms with Crippen molar-refractivity contribution >= 4 is 120 Å². The quantitative estimate of drug-likeness (QED) is 0.0550. The molecule has 0 amide bonds. The molecule has 558 valence electrons. The molecular weight excluding hydrogens is 1710 g/mol. The van der Waals surface area contributed by atoms with Crippen molar-refractivity contribution in [3.8, 4) is 0 Å². The number of anilines is 8. The Morgan fingerprint density at radius 3 is 0.337 bits per heavy atom. The summed E-state index contributed by atoms with van der Waals surface area (Å²) >= 11 is 0. The van der Waals surface area contributed by atoms with Crippen molar-refractivity contribution in [2.75, 3.05) is 156 Å². The number of rotatable bonds is 20. The molecule has 0 spiro atoms. The molecule has 8 aliphatic heterocycles. The van der Waals surface area contributed by atoms with E-state index in [9.17, 15) is 0 Å². The molecule has 8 fully saturated rings. The van der Waals surface area contributed by atoms with Gasteiger partial charge in [0.05, 0.1) is 0 Å². The normalized spacial score (nSPS) is 18.5. The first-order valence-corrected chi connectivity index (χ1v) is 47.7. The molecule has 14 heteroatoms. The Labute approximate surface area is 662 Å². The van der Waals surface area contributed by atoms with Crippen molar-refractivity contribution in [2.45, 2.75) is 154 Å². The Balaban J connectivity index is 0.000000181. The Hall–Kier alpha value is -4.64. The second-order valence-electron chi connectivity index (χ2n) is 31.0. The third-order valence-corrected chi connectivity index (χ3v) is 38.1. The number of hydrogen-bond donors (Lipinski definition) is 0. The molecule has 0 bridgehead atoms. The first-order valence-electron chi connectivity index (χ1n) is 40.8. The van der Waals surface area contributed by atoms with Crippen LogP contribution in [0.1, 0.15) is 154 Å². The minimum absolute atomic E-state index is 0. The van der Waals surface area contributed by atoms with Crippen LogP contribution >= 0.6 is 31.7 Å². The fourth-order valence-electron chi connectivity index (χ4n) is 18.0. The van der Waals surface area contributed by atoms with Crippen molar-refractivity contribution in [2.24, 2.45) is 0 Å². The molecule has 8 nitrogen and oxygen atoms in total. The van der Waals surface area contributed by atoms with E-state index in [1.54, 1.807) is 42.4 Å². The van der Waals surface area contributed by atoms with E-state index in [-0.39, 0.29) is 44.8 Å². The van der Waals surface area contributed by atoms with Crippen LogP contribution < -0.4 is 81.6 Å². The van der Waals surface area contributed by atoms with Gasteiger partial charge in [0.2, 0.25) is 0 Å². The molecule has 8 aromatic rings. The van der Waals surface area contributed by atoms with Gasteiger partial charge >= 0.3 is 0 Å². The third kappa shape index (κ3) is 20.2. The van der Waals surface area contributed by atoms with Crippen molar-refractivity contribution < 1.29 is 44.8 Å². The molecule has 104 heavy (non-hydrogen) atoms. The van der Waals surface area contributed by atoms with Gasteiger partial charge in [0.15, 0.2) is 11.8 Å².